The van der Waals surface area contributed by atoms with Gasteiger partial charge in [-0.2, -0.15) is 0 Å². The predicted molar refractivity (Wildman–Crippen MR) is 151 cm³/mol. The van der Waals surface area contributed by atoms with Crippen LogP contribution in [-0.4, -0.2) is 37.0 Å². The molecule has 2 rings (SSSR count). The van der Waals surface area contributed by atoms with Gasteiger partial charge in [0.2, 0.25) is 5.91 Å². The summed E-state index contributed by atoms with van der Waals surface area (Å²) in [4.78, 5) is 24.5. The topological polar surface area (TPSA) is 53.8 Å². The molecule has 0 spiro atoms. The molecule has 186 valence electrons. The molecule has 1 amide bonds. The maximum Gasteiger partial charge on any atom is 0.222 e. The van der Waals surface area contributed by atoms with Gasteiger partial charge in [0, 0.05) is 45.2 Å². The predicted octanol–water partition coefficient (Wildman–Crippen LogP) is 7.51. The number of carbonyl (C=O) groups excluding carboxylic acids is 1. The number of hydrogen-bond acceptors (Lipinski definition) is 4. The van der Waals surface area contributed by atoms with Gasteiger partial charge in [-0.1, -0.05) is 42.7 Å². The molecule has 4 nitrogen and oxygen atoms in total. The Morgan fingerprint density at radius 3 is 2.18 bits per heavy atom. The minimum absolute atomic E-state index is 0.00518. The van der Waals surface area contributed by atoms with E-state index in [9.17, 15) is 4.79 Å². The molecule has 0 fully saturated rings. The number of aryl methyl sites for hydroxylation is 2. The number of nitrogens with zero attached hydrogens (tertiary/aromatic N) is 2. The van der Waals surface area contributed by atoms with E-state index in [2.05, 4.69) is 44.6 Å². The van der Waals surface area contributed by atoms with Crippen molar-refractivity contribution in [1.29, 1.82) is 0 Å². The van der Waals surface area contributed by atoms with Gasteiger partial charge in [0.05, 0.1) is 18.2 Å². The third-order valence-electron chi connectivity index (χ3n) is 5.27. The number of aliphatic imine (C=N–C) groups is 2. The van der Waals surface area contributed by atoms with E-state index < -0.39 is 0 Å². The molecule has 0 aliphatic carbocycles. The Bertz CT molecular complexity index is 1020. The summed E-state index contributed by atoms with van der Waals surface area (Å²) in [5.74, 6) is 0.00518. The second-order valence-electron chi connectivity index (χ2n) is 8.69. The molecule has 0 radical (unpaired) electrons. The Labute approximate surface area is 215 Å². The largest absolute Gasteiger partial charge is 0.356 e. The number of halogens is 1. The van der Waals surface area contributed by atoms with Crippen molar-refractivity contribution in [2.24, 2.45) is 9.98 Å². The smallest absolute Gasteiger partial charge is 0.222 e. The molecule has 0 unspecified atom stereocenters. The number of rotatable bonds is 9. The van der Waals surface area contributed by atoms with E-state index in [0.29, 0.717) is 11.6 Å². The Kier molecular flexibility index (Phi) is 13.1. The second kappa shape index (κ2) is 14.9. The number of unbranched alkanes of at least 4 members (excludes halogenated alkanes) is 1. The zero-order chi connectivity index (χ0) is 25.8. The van der Waals surface area contributed by atoms with Gasteiger partial charge in [0.25, 0.3) is 0 Å². The summed E-state index contributed by atoms with van der Waals surface area (Å²) in [7, 11) is 1.75. The molecule has 1 aromatic carbocycles. The number of allylic oxidation sites excluding steroid dienone is 1. The van der Waals surface area contributed by atoms with Crippen LogP contribution in [0.5, 0.6) is 0 Å². The second-order valence-corrected chi connectivity index (χ2v) is 10.6. The third-order valence-corrected chi connectivity index (χ3v) is 6.64. The highest BCUT2D eigenvalue weighted by Crippen LogP contribution is 2.30. The quantitative estimate of drug-likeness (QED) is 0.215. The van der Waals surface area contributed by atoms with Gasteiger partial charge in [0.1, 0.15) is 0 Å². The van der Waals surface area contributed by atoms with Gasteiger partial charge in [-0.25, -0.2) is 0 Å². The Hall–Kier alpha value is -2.24. The van der Waals surface area contributed by atoms with Gasteiger partial charge in [0.15, 0.2) is 0 Å². The summed E-state index contributed by atoms with van der Waals surface area (Å²) >= 11 is 7.90. The third kappa shape index (κ3) is 9.55. The minimum atomic E-state index is -0.318. The summed E-state index contributed by atoms with van der Waals surface area (Å²) in [5.41, 5.74) is 6.25. The highest BCUT2D eigenvalue weighted by Gasteiger charge is 2.22. The van der Waals surface area contributed by atoms with Crippen LogP contribution in [0.4, 0.5) is 0 Å². The van der Waals surface area contributed by atoms with E-state index in [0.717, 1.165) is 35.4 Å². The van der Waals surface area contributed by atoms with Gasteiger partial charge in [-0.15, -0.1) is 17.9 Å². The Morgan fingerprint density at radius 2 is 1.71 bits per heavy atom. The zero-order valence-corrected chi connectivity index (χ0v) is 23.6. The van der Waals surface area contributed by atoms with Crippen molar-refractivity contribution in [2.75, 3.05) is 13.6 Å². The molecule has 0 bridgehead atoms. The molecule has 0 saturated heterocycles. The monoisotopic (exact) mass is 501 g/mol. The van der Waals surface area contributed by atoms with Crippen LogP contribution < -0.4 is 5.32 Å². The van der Waals surface area contributed by atoms with E-state index in [1.54, 1.807) is 18.4 Å². The van der Waals surface area contributed by atoms with E-state index >= 15 is 0 Å². The van der Waals surface area contributed by atoms with Gasteiger partial charge in [-0.3, -0.25) is 14.8 Å². The molecule has 1 atom stereocenters. The van der Waals surface area contributed by atoms with Gasteiger partial charge < -0.3 is 5.32 Å². The minimum Gasteiger partial charge on any atom is -0.356 e. The van der Waals surface area contributed by atoms with Crippen molar-refractivity contribution in [1.82, 2.24) is 5.32 Å². The molecule has 0 aliphatic heterocycles. The molecule has 1 heterocycles. The lowest BCUT2D eigenvalue weighted by Gasteiger charge is -2.17. The average molecular weight is 502 g/mol. The van der Waals surface area contributed by atoms with Crippen LogP contribution in [-0.2, 0) is 4.79 Å². The van der Waals surface area contributed by atoms with Gasteiger partial charge >= 0.3 is 0 Å². The number of benzene rings is 1. The van der Waals surface area contributed by atoms with Crippen molar-refractivity contribution in [3.05, 3.63) is 67.9 Å². The molecule has 1 aromatic heterocycles. The fraction of sp³-hybridized carbons (Fsp3) is 0.464. The van der Waals surface area contributed by atoms with E-state index in [4.69, 9.17) is 16.6 Å². The van der Waals surface area contributed by atoms with Gasteiger partial charge in [-0.05, 0) is 65.7 Å². The SMILES string of the molecule is C=C(C)C.CCCCNC(=O)C[C@H](N=C(c1ccc(Cl)cc1)c1c(C)sc(C)c1C)C(C)=NC. The summed E-state index contributed by atoms with van der Waals surface area (Å²) in [5, 5.41) is 3.69. The van der Waals surface area contributed by atoms with Crippen LogP contribution in [0.25, 0.3) is 0 Å². The molecule has 34 heavy (non-hydrogen) atoms. The highest BCUT2D eigenvalue weighted by atomic mass is 35.5. The number of nitrogens with one attached hydrogen (secondary N) is 1. The lowest BCUT2D eigenvalue weighted by atomic mass is 9.97. The average Bonchev–Trinajstić information content (AvgIpc) is 3.02. The number of amides is 1. The highest BCUT2D eigenvalue weighted by molar-refractivity contribution is 7.12. The van der Waals surface area contributed by atoms with Crippen LogP contribution in [0.15, 0.2) is 46.4 Å². The molecule has 0 saturated carbocycles. The first-order valence-corrected chi connectivity index (χ1v) is 12.9. The van der Waals surface area contributed by atoms with Crippen LogP contribution in [0.3, 0.4) is 0 Å². The maximum absolute atomic E-state index is 12.5. The molecule has 2 aromatic rings. The van der Waals surface area contributed by atoms with Crippen LogP contribution in [0.1, 0.15) is 73.4 Å². The van der Waals surface area contributed by atoms with E-state index in [1.165, 1.54) is 20.9 Å². The van der Waals surface area contributed by atoms with E-state index in [1.807, 2.05) is 45.0 Å². The molecular weight excluding hydrogens is 462 g/mol. The first-order valence-electron chi connectivity index (χ1n) is 11.7. The van der Waals surface area contributed by atoms with Crippen molar-refractivity contribution < 1.29 is 4.79 Å². The molecular formula is C28H40ClN3OS. The fourth-order valence-corrected chi connectivity index (χ4v) is 4.47. The fourth-order valence-electron chi connectivity index (χ4n) is 3.28. The molecule has 1 N–H and O–H groups in total. The van der Waals surface area contributed by atoms with Crippen LogP contribution in [0, 0.1) is 20.8 Å². The van der Waals surface area contributed by atoms with Crippen molar-refractivity contribution in [3.63, 3.8) is 0 Å². The number of hydrogen-bond donors (Lipinski definition) is 1. The number of carbonyl (C=O) groups is 1. The van der Waals surface area contributed by atoms with Crippen molar-refractivity contribution in [2.45, 2.75) is 73.8 Å². The van der Waals surface area contributed by atoms with Crippen LogP contribution in [0.2, 0.25) is 5.02 Å². The maximum atomic E-state index is 12.5. The first-order chi connectivity index (χ1) is 16.0. The normalized spacial score (nSPS) is 12.6. The standard InChI is InChI=1S/C24H32ClN3OS.C4H8/c1-7-8-13-27-22(29)14-21(16(3)26-6)28-24(19-9-11-20(25)12-10-19)23-15(2)17(4)30-18(23)5;1-4(2)3/h9-12,21H,7-8,13-14H2,1-6H3,(H,27,29);1H2,2-3H3/t21-;/m0./s1. The summed E-state index contributed by atoms with van der Waals surface area (Å²) in [6.45, 7) is 18.6. The van der Waals surface area contributed by atoms with Crippen molar-refractivity contribution in [3.8, 4) is 0 Å². The summed E-state index contributed by atoms with van der Waals surface area (Å²) in [6.07, 6.45) is 2.31. The van der Waals surface area contributed by atoms with Crippen LogP contribution >= 0.6 is 22.9 Å². The molecule has 6 heteroatoms. The first kappa shape index (κ1) is 29.8. The Morgan fingerprint density at radius 1 is 1.12 bits per heavy atom. The lowest BCUT2D eigenvalue weighted by molar-refractivity contribution is -0.121. The Balaban J connectivity index is 0.00000133. The number of thiophene rings is 1. The molecule has 0 aliphatic rings. The summed E-state index contributed by atoms with van der Waals surface area (Å²) in [6, 6.07) is 7.42. The van der Waals surface area contributed by atoms with Crippen molar-refractivity contribution >= 4 is 40.3 Å². The summed E-state index contributed by atoms with van der Waals surface area (Å²) < 4.78 is 0. The lowest BCUT2D eigenvalue weighted by Crippen LogP contribution is -2.31. The zero-order valence-electron chi connectivity index (χ0n) is 22.0. The van der Waals surface area contributed by atoms with E-state index in [-0.39, 0.29) is 18.4 Å².